The number of rotatable bonds is 5. The average Bonchev–Trinajstić information content (AvgIpc) is 2.77. The zero-order valence-electron chi connectivity index (χ0n) is 12.0. The summed E-state index contributed by atoms with van der Waals surface area (Å²) < 4.78 is 7.33. The largest absolute Gasteiger partial charge is 0.494 e. The molecule has 0 fully saturated rings. The molecule has 0 N–H and O–H groups in total. The number of pyridine rings is 1. The monoisotopic (exact) mass is 260 g/mol. The second-order valence-electron chi connectivity index (χ2n) is 4.59. The summed E-state index contributed by atoms with van der Waals surface area (Å²) in [6.07, 6.45) is 3.95. The highest BCUT2D eigenvalue weighted by molar-refractivity contribution is 5.64. The number of ether oxygens (including phenoxy) is 1. The Morgan fingerprint density at radius 3 is 2.79 bits per heavy atom. The van der Waals surface area contributed by atoms with E-state index in [1.807, 2.05) is 24.6 Å². The zero-order chi connectivity index (χ0) is 13.8. The number of unbranched alkanes of at least 4 members (excludes halogenated alkanes) is 1. The summed E-state index contributed by atoms with van der Waals surface area (Å²) in [5, 5.41) is 4.46. The van der Waals surface area contributed by atoms with Gasteiger partial charge in [0.15, 0.2) is 5.82 Å². The predicted molar refractivity (Wildman–Crippen MR) is 74.2 cm³/mol. The lowest BCUT2D eigenvalue weighted by atomic mass is 10.2. The summed E-state index contributed by atoms with van der Waals surface area (Å²) in [6, 6.07) is 1.99. The van der Waals surface area contributed by atoms with Gasteiger partial charge in [0.25, 0.3) is 0 Å². The number of aromatic nitrogens is 4. The summed E-state index contributed by atoms with van der Waals surface area (Å²) in [7, 11) is 1.65. The number of hydrogen-bond donors (Lipinski definition) is 0. The smallest absolute Gasteiger partial charge is 0.162 e. The Balaban J connectivity index is 2.48. The van der Waals surface area contributed by atoms with Crippen molar-refractivity contribution in [3.05, 3.63) is 23.8 Å². The predicted octanol–water partition coefficient (Wildman–Crippen LogP) is 2.77. The van der Waals surface area contributed by atoms with E-state index in [2.05, 4.69) is 22.0 Å². The lowest BCUT2D eigenvalue weighted by Crippen LogP contribution is -2.04. The van der Waals surface area contributed by atoms with Crippen molar-refractivity contribution in [2.24, 2.45) is 0 Å². The molecule has 102 valence electrons. The van der Waals surface area contributed by atoms with Gasteiger partial charge in [0.1, 0.15) is 11.6 Å². The minimum atomic E-state index is 0.732. The molecule has 0 spiro atoms. The third-order valence-corrected chi connectivity index (χ3v) is 2.97. The first-order valence-electron chi connectivity index (χ1n) is 6.58. The highest BCUT2D eigenvalue weighted by atomic mass is 16.5. The van der Waals surface area contributed by atoms with Gasteiger partial charge in [-0.3, -0.25) is 4.98 Å². The van der Waals surface area contributed by atoms with Gasteiger partial charge in [-0.15, -0.1) is 0 Å². The molecule has 0 radical (unpaired) electrons. The van der Waals surface area contributed by atoms with Crippen LogP contribution in [0.1, 0.15) is 31.3 Å². The van der Waals surface area contributed by atoms with Gasteiger partial charge in [0.2, 0.25) is 0 Å². The van der Waals surface area contributed by atoms with E-state index in [1.54, 1.807) is 13.3 Å². The first-order chi connectivity index (χ1) is 9.15. The summed E-state index contributed by atoms with van der Waals surface area (Å²) in [5.41, 5.74) is 1.89. The van der Waals surface area contributed by atoms with E-state index < -0.39 is 0 Å². The van der Waals surface area contributed by atoms with Gasteiger partial charge in [-0.1, -0.05) is 13.3 Å². The molecular formula is C14H20N4O. The van der Waals surface area contributed by atoms with E-state index in [0.717, 1.165) is 48.0 Å². The van der Waals surface area contributed by atoms with Crippen LogP contribution in [-0.4, -0.2) is 26.9 Å². The lowest BCUT2D eigenvalue weighted by Gasteiger charge is -2.09. The van der Waals surface area contributed by atoms with Crippen LogP contribution in [0.4, 0.5) is 0 Å². The highest BCUT2D eigenvalue weighted by Gasteiger charge is 2.15. The van der Waals surface area contributed by atoms with Crippen molar-refractivity contribution < 1.29 is 4.74 Å². The fourth-order valence-electron chi connectivity index (χ4n) is 2.00. The van der Waals surface area contributed by atoms with E-state index in [0.29, 0.717) is 0 Å². The SMILES string of the molecule is CCCCn1nc(C)nc1-c1cc(C)ncc1OC. The van der Waals surface area contributed by atoms with Gasteiger partial charge >= 0.3 is 0 Å². The number of methoxy groups -OCH3 is 1. The molecule has 0 atom stereocenters. The number of nitrogens with zero attached hydrogens (tertiary/aromatic N) is 4. The van der Waals surface area contributed by atoms with Crippen LogP contribution in [0.5, 0.6) is 5.75 Å². The molecule has 5 heteroatoms. The summed E-state index contributed by atoms with van der Waals surface area (Å²) in [5.74, 6) is 2.37. The fraction of sp³-hybridized carbons (Fsp3) is 0.500. The van der Waals surface area contributed by atoms with Gasteiger partial charge in [-0.2, -0.15) is 5.10 Å². The molecule has 0 amide bonds. The molecule has 0 aliphatic heterocycles. The second kappa shape index (κ2) is 5.82. The molecule has 0 aliphatic rings. The van der Waals surface area contributed by atoms with Crippen molar-refractivity contribution in [1.82, 2.24) is 19.7 Å². The molecule has 5 nitrogen and oxygen atoms in total. The van der Waals surface area contributed by atoms with Crippen LogP contribution in [0.3, 0.4) is 0 Å². The second-order valence-corrected chi connectivity index (χ2v) is 4.59. The molecular weight excluding hydrogens is 240 g/mol. The van der Waals surface area contributed by atoms with Crippen molar-refractivity contribution in [1.29, 1.82) is 0 Å². The molecule has 2 heterocycles. The molecule has 0 unspecified atom stereocenters. The topological polar surface area (TPSA) is 52.8 Å². The van der Waals surface area contributed by atoms with E-state index in [4.69, 9.17) is 4.74 Å². The van der Waals surface area contributed by atoms with Crippen molar-refractivity contribution >= 4 is 0 Å². The maximum Gasteiger partial charge on any atom is 0.162 e. The molecule has 2 rings (SSSR count). The van der Waals surface area contributed by atoms with Crippen molar-refractivity contribution in [2.45, 2.75) is 40.2 Å². The Kier molecular flexibility index (Phi) is 4.14. The fourth-order valence-corrected chi connectivity index (χ4v) is 2.00. The van der Waals surface area contributed by atoms with Crippen LogP contribution in [0.15, 0.2) is 12.3 Å². The van der Waals surface area contributed by atoms with E-state index in [9.17, 15) is 0 Å². The molecule has 0 aliphatic carbocycles. The zero-order valence-corrected chi connectivity index (χ0v) is 12.0. The van der Waals surface area contributed by atoms with Crippen molar-refractivity contribution in [3.63, 3.8) is 0 Å². The number of aryl methyl sites for hydroxylation is 3. The van der Waals surface area contributed by atoms with Gasteiger partial charge in [-0.25, -0.2) is 9.67 Å². The Labute approximate surface area is 113 Å². The van der Waals surface area contributed by atoms with Gasteiger partial charge in [0.05, 0.1) is 18.9 Å². The van der Waals surface area contributed by atoms with Crippen LogP contribution >= 0.6 is 0 Å². The lowest BCUT2D eigenvalue weighted by molar-refractivity contribution is 0.413. The molecule has 0 aromatic carbocycles. The normalized spacial score (nSPS) is 10.7. The quantitative estimate of drug-likeness (QED) is 0.829. The maximum absolute atomic E-state index is 5.38. The van der Waals surface area contributed by atoms with Crippen molar-refractivity contribution in [3.8, 4) is 17.1 Å². The highest BCUT2D eigenvalue weighted by Crippen LogP contribution is 2.28. The Morgan fingerprint density at radius 1 is 1.32 bits per heavy atom. The van der Waals surface area contributed by atoms with Crippen LogP contribution in [0.2, 0.25) is 0 Å². The van der Waals surface area contributed by atoms with Gasteiger partial charge < -0.3 is 4.74 Å². The van der Waals surface area contributed by atoms with Crippen LogP contribution in [0, 0.1) is 13.8 Å². The minimum Gasteiger partial charge on any atom is -0.494 e. The maximum atomic E-state index is 5.38. The van der Waals surface area contributed by atoms with Crippen LogP contribution in [0.25, 0.3) is 11.4 Å². The van der Waals surface area contributed by atoms with E-state index >= 15 is 0 Å². The summed E-state index contributed by atoms with van der Waals surface area (Å²) >= 11 is 0. The first kappa shape index (κ1) is 13.5. The summed E-state index contributed by atoms with van der Waals surface area (Å²) in [4.78, 5) is 8.78. The van der Waals surface area contributed by atoms with Gasteiger partial charge in [0, 0.05) is 12.2 Å². The third kappa shape index (κ3) is 2.92. The van der Waals surface area contributed by atoms with E-state index in [1.165, 1.54) is 0 Å². The minimum absolute atomic E-state index is 0.732. The van der Waals surface area contributed by atoms with Gasteiger partial charge in [-0.05, 0) is 26.3 Å². The first-order valence-corrected chi connectivity index (χ1v) is 6.58. The van der Waals surface area contributed by atoms with Crippen LogP contribution in [-0.2, 0) is 6.54 Å². The third-order valence-electron chi connectivity index (χ3n) is 2.97. The molecule has 0 saturated heterocycles. The summed E-state index contributed by atoms with van der Waals surface area (Å²) in [6.45, 7) is 6.91. The number of hydrogen-bond acceptors (Lipinski definition) is 4. The van der Waals surface area contributed by atoms with Crippen LogP contribution < -0.4 is 4.74 Å². The Hall–Kier alpha value is -1.91. The average molecular weight is 260 g/mol. The molecule has 0 saturated carbocycles. The van der Waals surface area contributed by atoms with E-state index in [-0.39, 0.29) is 0 Å². The Morgan fingerprint density at radius 2 is 2.11 bits per heavy atom. The standard InChI is InChI=1S/C14H20N4O/c1-5-6-7-18-14(16-11(3)17-18)12-8-10(2)15-9-13(12)19-4/h8-9H,5-7H2,1-4H3. The molecule has 0 bridgehead atoms. The molecule has 2 aromatic heterocycles. The van der Waals surface area contributed by atoms with Crippen molar-refractivity contribution in [2.75, 3.05) is 7.11 Å². The Bertz CT molecular complexity index is 563. The molecule has 19 heavy (non-hydrogen) atoms. The molecule has 2 aromatic rings.